The zero-order valence-electron chi connectivity index (χ0n) is 14.9. The van der Waals surface area contributed by atoms with E-state index < -0.39 is 4.92 Å². The van der Waals surface area contributed by atoms with Gasteiger partial charge in [-0.05, 0) is 38.2 Å². The Bertz CT molecular complexity index is 861. The number of nitro benzene ring substituents is 1. The Morgan fingerprint density at radius 1 is 1.22 bits per heavy atom. The van der Waals surface area contributed by atoms with E-state index in [-0.39, 0.29) is 47.3 Å². The normalized spacial score (nSPS) is 28.6. The summed E-state index contributed by atoms with van der Waals surface area (Å²) in [5, 5.41) is 16.1. The molecule has 1 saturated heterocycles. The fourth-order valence-corrected chi connectivity index (χ4v) is 4.23. The number of fused-ring (bicyclic) bond motifs is 5. The number of hydrazone groups is 1. The summed E-state index contributed by atoms with van der Waals surface area (Å²) in [6.45, 7) is 3.67. The molecule has 8 heteroatoms. The lowest BCUT2D eigenvalue weighted by Gasteiger charge is -2.13. The van der Waals surface area contributed by atoms with E-state index in [2.05, 4.69) is 5.10 Å². The van der Waals surface area contributed by atoms with Gasteiger partial charge in [0.05, 0.1) is 29.1 Å². The van der Waals surface area contributed by atoms with Crippen LogP contribution in [0.15, 0.2) is 35.5 Å². The van der Waals surface area contributed by atoms with Crippen molar-refractivity contribution in [2.75, 3.05) is 0 Å². The summed E-state index contributed by atoms with van der Waals surface area (Å²) in [6.07, 6.45) is 6.02. The van der Waals surface area contributed by atoms with Gasteiger partial charge >= 0.3 is 0 Å². The molecule has 1 saturated carbocycles. The number of allylic oxidation sites excluding steroid dienone is 2. The molecular formula is C19H19N3O5. The molecule has 2 amide bonds. The third-order valence-electron chi connectivity index (χ3n) is 5.33. The van der Waals surface area contributed by atoms with Crippen molar-refractivity contribution in [3.63, 3.8) is 0 Å². The number of imide groups is 1. The summed E-state index contributed by atoms with van der Waals surface area (Å²) >= 11 is 0. The first kappa shape index (κ1) is 17.4. The molecule has 4 atom stereocenters. The fraction of sp³-hybridized carbons (Fsp3) is 0.421. The Morgan fingerprint density at radius 2 is 1.85 bits per heavy atom. The minimum absolute atomic E-state index is 0.106. The third-order valence-corrected chi connectivity index (χ3v) is 5.33. The molecule has 1 aliphatic heterocycles. The molecule has 2 aliphatic carbocycles. The van der Waals surface area contributed by atoms with Gasteiger partial charge in [-0.25, -0.2) is 0 Å². The lowest BCUT2D eigenvalue weighted by molar-refractivity contribution is -0.384. The maximum Gasteiger partial charge on any atom is 0.270 e. The van der Waals surface area contributed by atoms with E-state index in [4.69, 9.17) is 4.74 Å². The van der Waals surface area contributed by atoms with Crippen molar-refractivity contribution >= 4 is 23.7 Å². The second-order valence-corrected chi connectivity index (χ2v) is 7.38. The summed E-state index contributed by atoms with van der Waals surface area (Å²) in [5.74, 6) is -0.643. The number of non-ortho nitro benzene ring substituents is 1. The zero-order chi connectivity index (χ0) is 19.3. The van der Waals surface area contributed by atoms with E-state index in [1.165, 1.54) is 24.4 Å². The Morgan fingerprint density at radius 3 is 2.41 bits per heavy atom. The summed E-state index contributed by atoms with van der Waals surface area (Å²) in [4.78, 5) is 35.9. The quantitative estimate of drug-likeness (QED) is 0.261. The molecule has 1 aromatic rings. The highest BCUT2D eigenvalue weighted by Gasteiger charge is 2.59. The van der Waals surface area contributed by atoms with E-state index in [1.54, 1.807) is 0 Å². The molecule has 0 unspecified atom stereocenters. The Labute approximate surface area is 155 Å². The van der Waals surface area contributed by atoms with Gasteiger partial charge in [-0.1, -0.05) is 12.2 Å². The molecule has 1 heterocycles. The standard InChI is InChI=1S/C19H19N3O5/c1-10(2)27-15-6-5-14(22(25)26)8-13(15)9-20-21-18(23)16-11-3-4-12(7-11)17(16)19(21)24/h3-6,8-12,16-17H,7H2,1-2H3/t11-,12-,16-,17+/m0/s1. The topological polar surface area (TPSA) is 102 Å². The summed E-state index contributed by atoms with van der Waals surface area (Å²) in [6, 6.07) is 4.15. The maximum atomic E-state index is 12.7. The van der Waals surface area contributed by atoms with E-state index in [9.17, 15) is 19.7 Å². The summed E-state index contributed by atoms with van der Waals surface area (Å²) < 4.78 is 5.66. The average molecular weight is 369 g/mol. The first-order valence-electron chi connectivity index (χ1n) is 8.92. The van der Waals surface area contributed by atoms with E-state index in [1.807, 2.05) is 26.0 Å². The molecule has 1 aromatic carbocycles. The van der Waals surface area contributed by atoms with Crippen molar-refractivity contribution in [1.82, 2.24) is 5.01 Å². The minimum Gasteiger partial charge on any atom is -0.490 e. The number of hydrogen-bond acceptors (Lipinski definition) is 6. The molecule has 3 aliphatic rings. The van der Waals surface area contributed by atoms with Crippen LogP contribution in [0.1, 0.15) is 25.8 Å². The SMILES string of the molecule is CC(C)Oc1ccc([N+](=O)[O-])cc1C=NN1C(=O)[C@@H]2[C@H](C1=O)[C@H]1C=C[C@H]2C1. The predicted octanol–water partition coefficient (Wildman–Crippen LogP) is 2.52. The van der Waals surface area contributed by atoms with Crippen LogP contribution < -0.4 is 4.74 Å². The number of benzene rings is 1. The first-order chi connectivity index (χ1) is 12.9. The van der Waals surface area contributed by atoms with Crippen LogP contribution in [0.3, 0.4) is 0 Å². The van der Waals surface area contributed by atoms with Crippen LogP contribution in [0.25, 0.3) is 0 Å². The van der Waals surface area contributed by atoms with Crippen LogP contribution in [-0.4, -0.2) is 34.1 Å². The third kappa shape index (κ3) is 2.81. The molecule has 2 bridgehead atoms. The second kappa shape index (κ2) is 6.29. The lowest BCUT2D eigenvalue weighted by Crippen LogP contribution is -2.28. The number of carbonyl (C=O) groups excluding carboxylic acids is 2. The monoisotopic (exact) mass is 369 g/mol. The maximum absolute atomic E-state index is 12.7. The van der Waals surface area contributed by atoms with Gasteiger partial charge < -0.3 is 4.74 Å². The van der Waals surface area contributed by atoms with Crippen molar-refractivity contribution in [2.45, 2.75) is 26.4 Å². The molecular weight excluding hydrogens is 350 g/mol. The molecule has 0 spiro atoms. The van der Waals surface area contributed by atoms with Gasteiger partial charge in [0.15, 0.2) is 0 Å². The van der Waals surface area contributed by atoms with Crippen LogP contribution in [-0.2, 0) is 9.59 Å². The van der Waals surface area contributed by atoms with Gasteiger partial charge in [0.2, 0.25) is 0 Å². The molecule has 2 fully saturated rings. The largest absolute Gasteiger partial charge is 0.490 e. The van der Waals surface area contributed by atoms with Gasteiger partial charge in [-0.15, -0.1) is 0 Å². The van der Waals surface area contributed by atoms with Gasteiger partial charge in [0.25, 0.3) is 17.5 Å². The van der Waals surface area contributed by atoms with Crippen LogP contribution in [0.2, 0.25) is 0 Å². The smallest absolute Gasteiger partial charge is 0.270 e. The van der Waals surface area contributed by atoms with Crippen molar-refractivity contribution in [2.24, 2.45) is 28.8 Å². The first-order valence-corrected chi connectivity index (χ1v) is 8.92. The number of rotatable bonds is 5. The van der Waals surface area contributed by atoms with Crippen LogP contribution in [0.4, 0.5) is 5.69 Å². The number of hydrogen-bond donors (Lipinski definition) is 0. The minimum atomic E-state index is -0.517. The van der Waals surface area contributed by atoms with Gasteiger partial charge in [-0.3, -0.25) is 19.7 Å². The van der Waals surface area contributed by atoms with Crippen molar-refractivity contribution < 1.29 is 19.2 Å². The summed E-state index contributed by atoms with van der Waals surface area (Å²) in [7, 11) is 0. The number of nitrogens with zero attached hydrogens (tertiary/aromatic N) is 3. The van der Waals surface area contributed by atoms with E-state index in [0.717, 1.165) is 11.4 Å². The van der Waals surface area contributed by atoms with Crippen LogP contribution >= 0.6 is 0 Å². The van der Waals surface area contributed by atoms with Gasteiger partial charge in [0, 0.05) is 17.7 Å². The van der Waals surface area contributed by atoms with Crippen molar-refractivity contribution in [1.29, 1.82) is 0 Å². The molecule has 0 radical (unpaired) electrons. The lowest BCUT2D eigenvalue weighted by atomic mass is 9.85. The number of amides is 2. The van der Waals surface area contributed by atoms with Crippen LogP contribution in [0, 0.1) is 33.8 Å². The molecule has 0 aromatic heterocycles. The molecule has 140 valence electrons. The second-order valence-electron chi connectivity index (χ2n) is 7.38. The van der Waals surface area contributed by atoms with E-state index >= 15 is 0 Å². The zero-order valence-corrected chi connectivity index (χ0v) is 14.9. The summed E-state index contributed by atoms with van der Waals surface area (Å²) in [5.41, 5.74) is 0.224. The number of nitro groups is 1. The number of ether oxygens (including phenoxy) is 1. The number of carbonyl (C=O) groups is 2. The highest BCUT2D eigenvalue weighted by molar-refractivity contribution is 6.07. The molecule has 4 rings (SSSR count). The van der Waals surface area contributed by atoms with Crippen molar-refractivity contribution in [3.8, 4) is 5.75 Å². The molecule has 27 heavy (non-hydrogen) atoms. The average Bonchev–Trinajstić information content (AvgIpc) is 3.28. The van der Waals surface area contributed by atoms with Gasteiger partial charge in [0.1, 0.15) is 5.75 Å². The Hall–Kier alpha value is -3.03. The van der Waals surface area contributed by atoms with E-state index in [0.29, 0.717) is 11.3 Å². The fourth-order valence-electron chi connectivity index (χ4n) is 4.23. The molecule has 8 nitrogen and oxygen atoms in total. The molecule has 0 N–H and O–H groups in total. The van der Waals surface area contributed by atoms with Gasteiger partial charge in [-0.2, -0.15) is 10.1 Å². The Balaban J connectivity index is 1.63. The van der Waals surface area contributed by atoms with Crippen molar-refractivity contribution in [3.05, 3.63) is 46.0 Å². The Kier molecular flexibility index (Phi) is 4.05. The highest BCUT2D eigenvalue weighted by Crippen LogP contribution is 2.52. The highest BCUT2D eigenvalue weighted by atomic mass is 16.6. The predicted molar refractivity (Wildman–Crippen MR) is 96.0 cm³/mol. The van der Waals surface area contributed by atoms with Crippen LogP contribution in [0.5, 0.6) is 5.75 Å².